The van der Waals surface area contributed by atoms with Gasteiger partial charge in [-0.25, -0.2) is 0 Å². The summed E-state index contributed by atoms with van der Waals surface area (Å²) < 4.78 is 7.88. The van der Waals surface area contributed by atoms with Gasteiger partial charge in [-0.05, 0) is 56.2 Å². The molecular formula is C24H24N6O2. The average molecular weight is 428 g/mol. The van der Waals surface area contributed by atoms with Crippen molar-refractivity contribution in [2.45, 2.75) is 45.6 Å². The van der Waals surface area contributed by atoms with Crippen LogP contribution in [0.1, 0.15) is 36.5 Å². The maximum atomic E-state index is 12.4. The van der Waals surface area contributed by atoms with Crippen molar-refractivity contribution in [2.24, 2.45) is 0 Å². The van der Waals surface area contributed by atoms with Gasteiger partial charge in [0.05, 0.1) is 0 Å². The number of carbonyl (C=O) groups is 1. The fraction of sp³-hybridized carbons (Fsp3) is 0.292. The van der Waals surface area contributed by atoms with Gasteiger partial charge >= 0.3 is 0 Å². The van der Waals surface area contributed by atoms with Crippen molar-refractivity contribution in [2.75, 3.05) is 5.32 Å². The summed E-state index contributed by atoms with van der Waals surface area (Å²) in [6, 6.07) is 15.6. The molecule has 0 saturated heterocycles. The number of nitrogens with zero attached hydrogens (tertiary/aromatic N) is 5. The van der Waals surface area contributed by atoms with Crippen LogP contribution in [-0.2, 0) is 24.2 Å². The van der Waals surface area contributed by atoms with E-state index < -0.39 is 0 Å². The number of anilines is 1. The van der Waals surface area contributed by atoms with Crippen LogP contribution in [0.3, 0.4) is 0 Å². The summed E-state index contributed by atoms with van der Waals surface area (Å²) >= 11 is 0. The third-order valence-electron chi connectivity index (χ3n) is 5.62. The van der Waals surface area contributed by atoms with Gasteiger partial charge in [0.15, 0.2) is 5.82 Å². The van der Waals surface area contributed by atoms with E-state index in [9.17, 15) is 4.79 Å². The van der Waals surface area contributed by atoms with Gasteiger partial charge in [-0.3, -0.25) is 4.79 Å². The van der Waals surface area contributed by atoms with E-state index in [2.05, 4.69) is 30.3 Å². The lowest BCUT2D eigenvalue weighted by molar-refractivity contribution is -0.116. The van der Waals surface area contributed by atoms with Crippen LogP contribution >= 0.6 is 0 Å². The number of carbonyl (C=O) groups excluding carboxylic acids is 1. The van der Waals surface area contributed by atoms with Crippen molar-refractivity contribution < 1.29 is 9.21 Å². The molecule has 0 spiro atoms. The number of hydrogen-bond acceptors (Lipinski definition) is 6. The summed E-state index contributed by atoms with van der Waals surface area (Å²) in [5.41, 5.74) is 3.77. The van der Waals surface area contributed by atoms with Crippen LogP contribution in [0.4, 0.5) is 5.69 Å². The molecule has 5 rings (SSSR count). The second-order valence-corrected chi connectivity index (χ2v) is 8.04. The zero-order valence-corrected chi connectivity index (χ0v) is 17.9. The van der Waals surface area contributed by atoms with Crippen LogP contribution in [-0.4, -0.2) is 30.9 Å². The van der Waals surface area contributed by atoms with E-state index in [0.717, 1.165) is 47.8 Å². The normalized spacial score (nSPS) is 13.0. The third kappa shape index (κ3) is 4.30. The van der Waals surface area contributed by atoms with Crippen molar-refractivity contribution in [3.8, 4) is 22.8 Å². The Morgan fingerprint density at radius 2 is 1.75 bits per heavy atom. The quantitative estimate of drug-likeness (QED) is 0.494. The van der Waals surface area contributed by atoms with Gasteiger partial charge in [-0.2, -0.15) is 0 Å². The Kier molecular flexibility index (Phi) is 5.49. The number of amides is 1. The van der Waals surface area contributed by atoms with E-state index in [-0.39, 0.29) is 12.3 Å². The number of hydrogen-bond donors (Lipinski definition) is 1. The molecule has 32 heavy (non-hydrogen) atoms. The Labute approximate surface area is 185 Å². The van der Waals surface area contributed by atoms with Gasteiger partial charge in [-0.1, -0.05) is 17.7 Å². The summed E-state index contributed by atoms with van der Waals surface area (Å²) in [6.07, 6.45) is 3.94. The maximum absolute atomic E-state index is 12.4. The zero-order valence-electron chi connectivity index (χ0n) is 17.9. The fourth-order valence-electron chi connectivity index (χ4n) is 3.84. The minimum Gasteiger partial charge on any atom is -0.421 e. The minimum atomic E-state index is -0.104. The number of benzene rings is 2. The van der Waals surface area contributed by atoms with Crippen molar-refractivity contribution >= 4 is 11.6 Å². The van der Waals surface area contributed by atoms with Gasteiger partial charge in [0.1, 0.15) is 5.82 Å². The van der Waals surface area contributed by atoms with Crippen LogP contribution in [0.15, 0.2) is 52.9 Å². The predicted molar refractivity (Wildman–Crippen MR) is 120 cm³/mol. The van der Waals surface area contributed by atoms with Gasteiger partial charge in [-0.15, -0.1) is 20.4 Å². The number of fused-ring (bicyclic) bond motifs is 1. The standard InChI is InChI=1S/C24H24N6O2/c1-16-5-7-18(8-6-16)24-29-27-22(32-24)14-13-21(31)25-19-11-9-17(10-12-19)23-28-26-20-4-2-3-15-30(20)23/h5-12H,2-4,13-15H2,1H3,(H,25,31). The molecule has 1 aliphatic heterocycles. The van der Waals surface area contributed by atoms with Crippen molar-refractivity contribution in [3.05, 3.63) is 65.8 Å². The lowest BCUT2D eigenvalue weighted by Crippen LogP contribution is -2.12. The summed E-state index contributed by atoms with van der Waals surface area (Å²) in [6.45, 7) is 2.98. The second kappa shape index (κ2) is 8.74. The van der Waals surface area contributed by atoms with Gasteiger partial charge < -0.3 is 14.3 Å². The molecular weight excluding hydrogens is 404 g/mol. The molecule has 2 aromatic heterocycles. The van der Waals surface area contributed by atoms with Crippen molar-refractivity contribution in [1.29, 1.82) is 0 Å². The van der Waals surface area contributed by atoms with Crippen LogP contribution in [0.25, 0.3) is 22.8 Å². The van der Waals surface area contributed by atoms with Crippen molar-refractivity contribution in [3.63, 3.8) is 0 Å². The largest absolute Gasteiger partial charge is 0.421 e. The zero-order chi connectivity index (χ0) is 21.9. The van der Waals surface area contributed by atoms with Gasteiger partial charge in [0, 0.05) is 42.6 Å². The summed E-state index contributed by atoms with van der Waals surface area (Å²) in [5.74, 6) is 2.75. The first-order valence-electron chi connectivity index (χ1n) is 10.9. The highest BCUT2D eigenvalue weighted by Crippen LogP contribution is 2.24. The van der Waals surface area contributed by atoms with Crippen LogP contribution in [0.2, 0.25) is 0 Å². The summed E-state index contributed by atoms with van der Waals surface area (Å²) in [4.78, 5) is 12.4. The van der Waals surface area contributed by atoms with E-state index in [1.54, 1.807) is 0 Å². The van der Waals surface area contributed by atoms with E-state index >= 15 is 0 Å². The Morgan fingerprint density at radius 1 is 0.969 bits per heavy atom. The molecule has 2 aromatic carbocycles. The van der Waals surface area contributed by atoms with E-state index in [1.165, 1.54) is 12.0 Å². The molecule has 4 aromatic rings. The molecule has 0 fully saturated rings. The Balaban J connectivity index is 1.17. The molecule has 0 unspecified atom stereocenters. The first-order chi connectivity index (χ1) is 15.7. The topological polar surface area (TPSA) is 98.7 Å². The highest BCUT2D eigenvalue weighted by atomic mass is 16.4. The summed E-state index contributed by atoms with van der Waals surface area (Å²) in [5, 5.41) is 19.7. The first kappa shape index (κ1) is 20.1. The highest BCUT2D eigenvalue weighted by Gasteiger charge is 2.17. The monoisotopic (exact) mass is 428 g/mol. The Morgan fingerprint density at radius 3 is 2.56 bits per heavy atom. The second-order valence-electron chi connectivity index (χ2n) is 8.04. The van der Waals surface area contributed by atoms with Crippen LogP contribution in [0, 0.1) is 6.92 Å². The molecule has 8 nitrogen and oxygen atoms in total. The molecule has 0 saturated carbocycles. The lowest BCUT2D eigenvalue weighted by Gasteiger charge is -2.14. The smallest absolute Gasteiger partial charge is 0.247 e. The lowest BCUT2D eigenvalue weighted by atomic mass is 10.1. The van der Waals surface area contributed by atoms with Gasteiger partial charge in [0.25, 0.3) is 0 Å². The van der Waals surface area contributed by atoms with Crippen molar-refractivity contribution in [1.82, 2.24) is 25.0 Å². The number of aromatic nitrogens is 5. The fourth-order valence-corrected chi connectivity index (χ4v) is 3.84. The molecule has 0 atom stereocenters. The molecule has 1 aliphatic rings. The van der Waals surface area contributed by atoms with E-state index in [1.807, 2.05) is 55.5 Å². The molecule has 162 valence electrons. The number of nitrogens with one attached hydrogen (secondary N) is 1. The molecule has 8 heteroatoms. The predicted octanol–water partition coefficient (Wildman–Crippen LogP) is 4.21. The van der Waals surface area contributed by atoms with E-state index in [0.29, 0.717) is 18.2 Å². The molecule has 3 heterocycles. The Bertz CT molecular complexity index is 1220. The Hall–Kier alpha value is -3.81. The SMILES string of the molecule is Cc1ccc(-c2nnc(CCC(=O)Nc3ccc(-c4nnc5n4CCCC5)cc3)o2)cc1. The molecule has 0 aliphatic carbocycles. The molecule has 0 bridgehead atoms. The van der Waals surface area contributed by atoms with E-state index in [4.69, 9.17) is 4.42 Å². The average Bonchev–Trinajstić information content (AvgIpc) is 3.46. The first-order valence-corrected chi connectivity index (χ1v) is 10.9. The maximum Gasteiger partial charge on any atom is 0.247 e. The minimum absolute atomic E-state index is 0.104. The van der Waals surface area contributed by atoms with Crippen LogP contribution in [0.5, 0.6) is 0 Å². The highest BCUT2D eigenvalue weighted by molar-refractivity contribution is 5.91. The molecule has 0 radical (unpaired) electrons. The number of aryl methyl sites for hydroxylation is 3. The number of rotatable bonds is 6. The third-order valence-corrected chi connectivity index (χ3v) is 5.62. The summed E-state index contributed by atoms with van der Waals surface area (Å²) in [7, 11) is 0. The molecule has 1 N–H and O–H groups in total. The van der Waals surface area contributed by atoms with Crippen LogP contribution < -0.4 is 5.32 Å². The molecule has 1 amide bonds. The van der Waals surface area contributed by atoms with Gasteiger partial charge in [0.2, 0.25) is 17.7 Å².